The Morgan fingerprint density at radius 1 is 1.57 bits per heavy atom. The highest BCUT2D eigenvalue weighted by Gasteiger charge is 2.23. The van der Waals surface area contributed by atoms with E-state index in [0.717, 1.165) is 23.5 Å². The Labute approximate surface area is 124 Å². The number of allylic oxidation sites excluding steroid dienone is 1. The molecule has 0 saturated heterocycles. The number of likely N-dealkylation sites (N-methyl/N-ethyl adjacent to an activating group) is 1. The summed E-state index contributed by atoms with van der Waals surface area (Å²) in [5, 5.41) is 3.10. The summed E-state index contributed by atoms with van der Waals surface area (Å²) >= 11 is 0. The molecular formula is C16H21FN4. The zero-order valence-electron chi connectivity index (χ0n) is 12.4. The van der Waals surface area contributed by atoms with E-state index in [0.29, 0.717) is 17.7 Å². The Bertz CT molecular complexity index is 592. The lowest BCUT2D eigenvalue weighted by atomic mass is 9.92. The van der Waals surface area contributed by atoms with Crippen LogP contribution in [0.15, 0.2) is 41.4 Å². The minimum absolute atomic E-state index is 0.389. The van der Waals surface area contributed by atoms with Crippen molar-refractivity contribution in [3.05, 3.63) is 42.0 Å². The highest BCUT2D eigenvalue weighted by atomic mass is 19.1. The molecule has 0 radical (unpaired) electrons. The molecule has 0 spiro atoms. The summed E-state index contributed by atoms with van der Waals surface area (Å²) < 4.78 is 14.3. The second-order valence-electron chi connectivity index (χ2n) is 5.08. The third kappa shape index (κ3) is 3.31. The van der Waals surface area contributed by atoms with Crippen LogP contribution in [0.4, 0.5) is 15.8 Å². The predicted molar refractivity (Wildman–Crippen MR) is 87.8 cm³/mol. The van der Waals surface area contributed by atoms with Crippen LogP contribution in [0.25, 0.3) is 5.57 Å². The Balaban J connectivity index is 2.40. The van der Waals surface area contributed by atoms with Crippen molar-refractivity contribution in [2.24, 2.45) is 10.7 Å². The van der Waals surface area contributed by atoms with Gasteiger partial charge in [0.15, 0.2) is 0 Å². The lowest BCUT2D eigenvalue weighted by Crippen LogP contribution is -2.33. The van der Waals surface area contributed by atoms with Crippen LogP contribution in [-0.4, -0.2) is 44.6 Å². The number of alkyl halides is 1. The van der Waals surface area contributed by atoms with Crippen LogP contribution in [0.1, 0.15) is 5.56 Å². The molecule has 0 aromatic heterocycles. The Morgan fingerprint density at radius 3 is 2.95 bits per heavy atom. The summed E-state index contributed by atoms with van der Waals surface area (Å²) in [4.78, 5) is 6.00. The van der Waals surface area contributed by atoms with E-state index in [2.05, 4.69) is 16.9 Å². The van der Waals surface area contributed by atoms with E-state index in [9.17, 15) is 4.39 Å². The van der Waals surface area contributed by atoms with Gasteiger partial charge in [0.05, 0.1) is 12.0 Å². The molecule has 3 N–H and O–H groups in total. The molecule has 2 rings (SSSR count). The molecule has 5 heteroatoms. The fraction of sp³-hybridized carbons (Fsp3) is 0.312. The monoisotopic (exact) mass is 288 g/mol. The molecule has 0 saturated carbocycles. The highest BCUT2D eigenvalue weighted by molar-refractivity contribution is 5.87. The van der Waals surface area contributed by atoms with Gasteiger partial charge in [-0.25, -0.2) is 9.38 Å². The summed E-state index contributed by atoms with van der Waals surface area (Å²) in [6.45, 7) is 5.20. The van der Waals surface area contributed by atoms with Gasteiger partial charge in [0.1, 0.15) is 6.17 Å². The van der Waals surface area contributed by atoms with Gasteiger partial charge in [0.25, 0.3) is 0 Å². The number of hydrogen-bond donors (Lipinski definition) is 2. The summed E-state index contributed by atoms with van der Waals surface area (Å²) in [5.74, 6) is 0. The number of nitrogens with one attached hydrogen (secondary N) is 1. The lowest BCUT2D eigenvalue weighted by Gasteiger charge is -2.27. The molecule has 0 fully saturated rings. The van der Waals surface area contributed by atoms with Crippen LogP contribution in [0.3, 0.4) is 0 Å². The van der Waals surface area contributed by atoms with E-state index in [1.165, 1.54) is 6.34 Å². The van der Waals surface area contributed by atoms with E-state index in [-0.39, 0.29) is 0 Å². The van der Waals surface area contributed by atoms with Crippen LogP contribution in [0.5, 0.6) is 0 Å². The number of aliphatic imine (C=N–C) groups is 1. The predicted octanol–water partition coefficient (Wildman–Crippen LogP) is 2.57. The van der Waals surface area contributed by atoms with Gasteiger partial charge in [-0.05, 0) is 36.4 Å². The van der Waals surface area contributed by atoms with Crippen molar-refractivity contribution >= 4 is 23.3 Å². The largest absolute Gasteiger partial charge is 0.390 e. The number of nitrogens with zero attached hydrogens (tertiary/aromatic N) is 2. The number of halogens is 1. The van der Waals surface area contributed by atoms with Crippen LogP contribution in [-0.2, 0) is 0 Å². The molecule has 0 bridgehead atoms. The summed E-state index contributed by atoms with van der Waals surface area (Å²) in [6.07, 6.45) is 2.12. The number of hydrogen-bond acceptors (Lipinski definition) is 3. The molecule has 1 aromatic rings. The van der Waals surface area contributed by atoms with E-state index in [1.807, 2.05) is 43.3 Å². The van der Waals surface area contributed by atoms with Crippen molar-refractivity contribution in [3.8, 4) is 0 Å². The first-order valence-corrected chi connectivity index (χ1v) is 6.85. The summed E-state index contributed by atoms with van der Waals surface area (Å²) in [6, 6.07) is 5.61. The van der Waals surface area contributed by atoms with E-state index < -0.39 is 6.17 Å². The summed E-state index contributed by atoms with van der Waals surface area (Å²) in [5.41, 5.74) is 9.13. The van der Waals surface area contributed by atoms with E-state index in [1.54, 1.807) is 0 Å². The van der Waals surface area contributed by atoms with Crippen molar-refractivity contribution in [1.82, 2.24) is 4.90 Å². The van der Waals surface area contributed by atoms with Crippen molar-refractivity contribution in [3.63, 3.8) is 0 Å². The van der Waals surface area contributed by atoms with Gasteiger partial charge >= 0.3 is 0 Å². The maximum Gasteiger partial charge on any atom is 0.138 e. The molecule has 1 aromatic carbocycles. The SMILES string of the molecule is C=C(C1=CCN(C)CC1F)c1cc(N=CN)ccc1NC. The molecular weight excluding hydrogens is 267 g/mol. The van der Waals surface area contributed by atoms with Crippen molar-refractivity contribution in [1.29, 1.82) is 0 Å². The first-order chi connectivity index (χ1) is 10.1. The Hall–Kier alpha value is -2.14. The quantitative estimate of drug-likeness (QED) is 0.661. The van der Waals surface area contributed by atoms with Gasteiger partial charge in [0, 0.05) is 31.4 Å². The van der Waals surface area contributed by atoms with Crippen molar-refractivity contribution in [2.45, 2.75) is 6.17 Å². The minimum Gasteiger partial charge on any atom is -0.390 e. The number of anilines is 1. The second kappa shape index (κ2) is 6.54. The molecule has 21 heavy (non-hydrogen) atoms. The zero-order chi connectivity index (χ0) is 15.4. The minimum atomic E-state index is -1.03. The van der Waals surface area contributed by atoms with Crippen LogP contribution < -0.4 is 11.1 Å². The van der Waals surface area contributed by atoms with Crippen molar-refractivity contribution in [2.75, 3.05) is 32.5 Å². The summed E-state index contributed by atoms with van der Waals surface area (Å²) in [7, 11) is 3.73. The Kier molecular flexibility index (Phi) is 4.75. The van der Waals surface area contributed by atoms with E-state index in [4.69, 9.17) is 5.73 Å². The normalized spacial score (nSPS) is 19.6. The topological polar surface area (TPSA) is 53.6 Å². The number of nitrogens with two attached hydrogens (primary N) is 1. The molecule has 1 heterocycles. The molecule has 1 aliphatic heterocycles. The Morgan fingerprint density at radius 2 is 2.33 bits per heavy atom. The van der Waals surface area contributed by atoms with Crippen LogP contribution >= 0.6 is 0 Å². The van der Waals surface area contributed by atoms with Crippen LogP contribution in [0, 0.1) is 0 Å². The maximum atomic E-state index is 14.3. The molecule has 1 unspecified atom stereocenters. The second-order valence-corrected chi connectivity index (χ2v) is 5.08. The van der Waals surface area contributed by atoms with Gasteiger partial charge < -0.3 is 11.1 Å². The number of rotatable bonds is 4. The molecule has 0 amide bonds. The maximum absolute atomic E-state index is 14.3. The fourth-order valence-electron chi connectivity index (χ4n) is 2.46. The lowest BCUT2D eigenvalue weighted by molar-refractivity contribution is 0.249. The first kappa shape index (κ1) is 15.3. The average Bonchev–Trinajstić information content (AvgIpc) is 2.47. The smallest absolute Gasteiger partial charge is 0.138 e. The van der Waals surface area contributed by atoms with Gasteiger partial charge in [-0.3, -0.25) is 4.90 Å². The van der Waals surface area contributed by atoms with Gasteiger partial charge in [0.2, 0.25) is 0 Å². The molecule has 0 aliphatic carbocycles. The molecule has 4 nitrogen and oxygen atoms in total. The van der Waals surface area contributed by atoms with Crippen molar-refractivity contribution < 1.29 is 4.39 Å². The fourth-order valence-corrected chi connectivity index (χ4v) is 2.46. The molecule has 1 aliphatic rings. The van der Waals surface area contributed by atoms with Crippen LogP contribution in [0.2, 0.25) is 0 Å². The van der Waals surface area contributed by atoms with E-state index >= 15 is 0 Å². The van der Waals surface area contributed by atoms with Gasteiger partial charge in [-0.1, -0.05) is 12.7 Å². The average molecular weight is 288 g/mol. The third-order valence-corrected chi connectivity index (χ3v) is 3.60. The molecule has 1 atom stereocenters. The zero-order valence-corrected chi connectivity index (χ0v) is 12.4. The number of benzene rings is 1. The first-order valence-electron chi connectivity index (χ1n) is 6.85. The van der Waals surface area contributed by atoms with Gasteiger partial charge in [-0.2, -0.15) is 0 Å². The highest BCUT2D eigenvalue weighted by Crippen LogP contribution is 2.34. The standard InChI is InChI=1S/C16H21FN4/c1-11(13-6-7-21(3)9-15(13)17)14-8-12(20-10-18)4-5-16(14)19-2/h4-6,8,10,15,19H,1,7,9H2,2-3H3,(H2,18,20). The third-order valence-electron chi connectivity index (χ3n) is 3.60. The molecule has 112 valence electrons. The van der Waals surface area contributed by atoms with Gasteiger partial charge in [-0.15, -0.1) is 0 Å².